The van der Waals surface area contributed by atoms with E-state index in [0.717, 1.165) is 15.8 Å². The number of aryl methyl sites for hydroxylation is 2. The summed E-state index contributed by atoms with van der Waals surface area (Å²) in [5.74, 6) is 0.756. The number of benzene rings is 2. The smallest absolute Gasteiger partial charge is 0.297 e. The fraction of sp³-hybridized carbons (Fsp3) is 0.217. The summed E-state index contributed by atoms with van der Waals surface area (Å²) in [4.78, 5) is 26.0. The predicted octanol–water partition coefficient (Wildman–Crippen LogP) is 3.88. The molecule has 0 saturated heterocycles. The Bertz CT molecular complexity index is 1340. The van der Waals surface area contributed by atoms with Crippen LogP contribution in [-0.4, -0.2) is 28.0 Å². The van der Waals surface area contributed by atoms with E-state index in [1.807, 2.05) is 49.4 Å². The number of ether oxygens (including phenoxy) is 1. The Kier molecular flexibility index (Phi) is 5.29. The zero-order chi connectivity index (χ0) is 22.1. The number of amides is 1. The number of para-hydroxylation sites is 1. The van der Waals surface area contributed by atoms with Crippen molar-refractivity contribution in [3.63, 3.8) is 0 Å². The van der Waals surface area contributed by atoms with Crippen molar-refractivity contribution < 1.29 is 14.1 Å². The molecule has 2 aromatic carbocycles. The maximum absolute atomic E-state index is 13.1. The van der Waals surface area contributed by atoms with Crippen LogP contribution in [0.15, 0.2) is 57.8 Å². The lowest BCUT2D eigenvalue weighted by atomic mass is 10.1. The molecule has 2 heterocycles. The second kappa shape index (κ2) is 8.06. The summed E-state index contributed by atoms with van der Waals surface area (Å²) in [6.07, 6.45) is 0. The highest BCUT2D eigenvalue weighted by atomic mass is 16.5. The van der Waals surface area contributed by atoms with Crippen LogP contribution in [0, 0.1) is 13.8 Å². The number of anilines is 1. The standard InChI is InChI=1S/C23H22N4O4/c1-13-8-5-6-11-18(13)24-22(28)14(2)27-23(29)21-19(15(3)31-26-21)20(25-27)16-9-7-10-17(12-16)30-4/h5-12,14H,1-4H3,(H,24,28)/t14-/m1/s1. The lowest BCUT2D eigenvalue weighted by Gasteiger charge is -2.16. The Morgan fingerprint density at radius 2 is 1.94 bits per heavy atom. The first kappa shape index (κ1) is 20.3. The van der Waals surface area contributed by atoms with Gasteiger partial charge in [0.15, 0.2) is 5.52 Å². The van der Waals surface area contributed by atoms with Gasteiger partial charge in [-0.05, 0) is 44.5 Å². The van der Waals surface area contributed by atoms with Gasteiger partial charge in [0.2, 0.25) is 5.91 Å². The van der Waals surface area contributed by atoms with E-state index in [-0.39, 0.29) is 11.4 Å². The number of hydrogen-bond donors (Lipinski definition) is 1. The third kappa shape index (κ3) is 3.68. The molecule has 8 nitrogen and oxygen atoms in total. The van der Waals surface area contributed by atoms with E-state index in [2.05, 4.69) is 15.6 Å². The van der Waals surface area contributed by atoms with E-state index in [1.165, 1.54) is 0 Å². The van der Waals surface area contributed by atoms with Crippen LogP contribution in [0.5, 0.6) is 5.75 Å². The lowest BCUT2D eigenvalue weighted by molar-refractivity contribution is -0.119. The largest absolute Gasteiger partial charge is 0.497 e. The molecular formula is C23H22N4O4. The summed E-state index contributed by atoms with van der Waals surface area (Å²) in [5, 5.41) is 11.9. The molecule has 0 unspecified atom stereocenters. The van der Waals surface area contributed by atoms with Crippen molar-refractivity contribution in [3.05, 3.63) is 70.2 Å². The molecule has 158 valence electrons. The lowest BCUT2D eigenvalue weighted by Crippen LogP contribution is -2.34. The van der Waals surface area contributed by atoms with E-state index >= 15 is 0 Å². The van der Waals surface area contributed by atoms with E-state index in [1.54, 1.807) is 27.0 Å². The Hall–Kier alpha value is -3.94. The number of carbonyl (C=O) groups excluding carboxylic acids is 1. The second-order valence-electron chi connectivity index (χ2n) is 7.27. The Balaban J connectivity index is 1.83. The van der Waals surface area contributed by atoms with Crippen molar-refractivity contribution in [2.75, 3.05) is 12.4 Å². The number of nitrogens with one attached hydrogen (secondary N) is 1. The van der Waals surface area contributed by atoms with Gasteiger partial charge >= 0.3 is 0 Å². The van der Waals surface area contributed by atoms with Crippen molar-refractivity contribution >= 4 is 22.5 Å². The minimum absolute atomic E-state index is 0.126. The molecule has 0 radical (unpaired) electrons. The van der Waals surface area contributed by atoms with Crippen LogP contribution in [0.25, 0.3) is 22.2 Å². The first-order valence-corrected chi connectivity index (χ1v) is 9.80. The maximum atomic E-state index is 13.1. The molecule has 0 spiro atoms. The minimum Gasteiger partial charge on any atom is -0.497 e. The summed E-state index contributed by atoms with van der Waals surface area (Å²) < 4.78 is 11.7. The van der Waals surface area contributed by atoms with Gasteiger partial charge in [0.1, 0.15) is 23.2 Å². The topological polar surface area (TPSA) is 99.2 Å². The number of rotatable bonds is 5. The highest BCUT2D eigenvalue weighted by Gasteiger charge is 2.24. The molecule has 0 aliphatic heterocycles. The van der Waals surface area contributed by atoms with Gasteiger partial charge in [0.25, 0.3) is 5.56 Å². The fourth-order valence-corrected chi connectivity index (χ4v) is 3.40. The molecule has 8 heteroatoms. The third-order valence-electron chi connectivity index (χ3n) is 5.21. The molecule has 4 rings (SSSR count). The van der Waals surface area contributed by atoms with E-state index < -0.39 is 11.6 Å². The average Bonchev–Trinajstić information content (AvgIpc) is 3.17. The van der Waals surface area contributed by atoms with Gasteiger partial charge in [0.05, 0.1) is 12.5 Å². The normalized spacial score (nSPS) is 12.0. The van der Waals surface area contributed by atoms with E-state index in [9.17, 15) is 9.59 Å². The molecule has 0 aliphatic rings. The molecule has 31 heavy (non-hydrogen) atoms. The van der Waals surface area contributed by atoms with Crippen LogP contribution >= 0.6 is 0 Å². The second-order valence-corrected chi connectivity index (χ2v) is 7.27. The number of nitrogens with zero attached hydrogens (tertiary/aromatic N) is 3. The zero-order valence-electron chi connectivity index (χ0n) is 17.7. The van der Waals surface area contributed by atoms with Gasteiger partial charge in [-0.3, -0.25) is 9.59 Å². The number of aromatic nitrogens is 3. The number of carbonyl (C=O) groups is 1. The summed E-state index contributed by atoms with van der Waals surface area (Å²) in [6, 6.07) is 13.9. The highest BCUT2D eigenvalue weighted by molar-refractivity contribution is 5.95. The maximum Gasteiger partial charge on any atom is 0.297 e. The molecule has 4 aromatic rings. The van der Waals surface area contributed by atoms with Gasteiger partial charge in [-0.15, -0.1) is 0 Å². The summed E-state index contributed by atoms with van der Waals surface area (Å²) in [6.45, 7) is 5.24. The predicted molar refractivity (Wildman–Crippen MR) is 117 cm³/mol. The molecular weight excluding hydrogens is 396 g/mol. The van der Waals surface area contributed by atoms with Crippen LogP contribution in [0.3, 0.4) is 0 Å². The minimum atomic E-state index is -0.877. The van der Waals surface area contributed by atoms with Crippen molar-refractivity contribution in [1.82, 2.24) is 14.9 Å². The molecule has 1 N–H and O–H groups in total. The molecule has 1 atom stereocenters. The molecule has 0 bridgehead atoms. The summed E-state index contributed by atoms with van der Waals surface area (Å²) >= 11 is 0. The van der Waals surface area contributed by atoms with E-state index in [4.69, 9.17) is 9.26 Å². The van der Waals surface area contributed by atoms with Crippen LogP contribution in [-0.2, 0) is 4.79 Å². The van der Waals surface area contributed by atoms with Gasteiger partial charge in [-0.2, -0.15) is 5.10 Å². The van der Waals surface area contributed by atoms with Crippen LogP contribution < -0.4 is 15.6 Å². The van der Waals surface area contributed by atoms with Crippen molar-refractivity contribution in [1.29, 1.82) is 0 Å². The van der Waals surface area contributed by atoms with Crippen LogP contribution in [0.4, 0.5) is 5.69 Å². The average molecular weight is 418 g/mol. The van der Waals surface area contributed by atoms with Crippen molar-refractivity contribution in [3.8, 4) is 17.0 Å². The van der Waals surface area contributed by atoms with Crippen molar-refractivity contribution in [2.24, 2.45) is 0 Å². The first-order chi connectivity index (χ1) is 14.9. The fourth-order valence-electron chi connectivity index (χ4n) is 3.40. The number of methoxy groups -OCH3 is 1. The Labute approximate surface area is 178 Å². The SMILES string of the molecule is COc1cccc(-c2nn([C@H](C)C(=O)Nc3ccccc3C)c(=O)c3noc(C)c23)c1. The summed E-state index contributed by atoms with van der Waals surface area (Å²) in [7, 11) is 1.58. The molecule has 0 fully saturated rings. The monoisotopic (exact) mass is 418 g/mol. The van der Waals surface area contributed by atoms with Crippen LogP contribution in [0.2, 0.25) is 0 Å². The summed E-state index contributed by atoms with van der Waals surface area (Å²) in [5.41, 5.74) is 2.44. The number of hydrogen-bond acceptors (Lipinski definition) is 6. The zero-order valence-corrected chi connectivity index (χ0v) is 17.7. The molecule has 1 amide bonds. The molecule has 0 aliphatic carbocycles. The molecule has 0 saturated carbocycles. The van der Waals surface area contributed by atoms with Gasteiger partial charge < -0.3 is 14.6 Å². The Morgan fingerprint density at radius 3 is 2.68 bits per heavy atom. The van der Waals surface area contributed by atoms with Crippen molar-refractivity contribution in [2.45, 2.75) is 26.8 Å². The van der Waals surface area contributed by atoms with E-state index in [0.29, 0.717) is 28.3 Å². The first-order valence-electron chi connectivity index (χ1n) is 9.80. The van der Waals surface area contributed by atoms with Gasteiger partial charge in [-0.25, -0.2) is 4.68 Å². The van der Waals surface area contributed by atoms with Crippen LogP contribution in [0.1, 0.15) is 24.3 Å². The van der Waals surface area contributed by atoms with Gasteiger partial charge in [0, 0.05) is 11.3 Å². The highest BCUT2D eigenvalue weighted by Crippen LogP contribution is 2.30. The quantitative estimate of drug-likeness (QED) is 0.528. The molecule has 2 aromatic heterocycles. The van der Waals surface area contributed by atoms with Gasteiger partial charge in [-0.1, -0.05) is 35.5 Å². The third-order valence-corrected chi connectivity index (χ3v) is 5.21. The Morgan fingerprint density at radius 1 is 1.16 bits per heavy atom. The number of fused-ring (bicyclic) bond motifs is 1.